The molecule has 0 saturated carbocycles. The first-order chi connectivity index (χ1) is 9.15. The van der Waals surface area contributed by atoms with Gasteiger partial charge in [-0.05, 0) is 0 Å². The minimum atomic E-state index is -0.481. The zero-order chi connectivity index (χ0) is 13.8. The van der Waals surface area contributed by atoms with Crippen LogP contribution < -0.4 is 25.4 Å². The molecule has 1 aliphatic rings. The molecule has 0 aromatic carbocycles. The first kappa shape index (κ1) is 13.3. The average Bonchev–Trinajstić information content (AvgIpc) is 2.46. The van der Waals surface area contributed by atoms with Crippen LogP contribution >= 0.6 is 0 Å². The van der Waals surface area contributed by atoms with Crippen LogP contribution in [0, 0.1) is 0 Å². The maximum atomic E-state index is 11.5. The second-order valence-electron chi connectivity index (χ2n) is 4.07. The Hall–Kier alpha value is -2.09. The molecular formula is C11H17N5O3. The van der Waals surface area contributed by atoms with E-state index in [1.165, 1.54) is 14.2 Å². The van der Waals surface area contributed by atoms with Crippen LogP contribution in [-0.4, -0.2) is 55.8 Å². The summed E-state index contributed by atoms with van der Waals surface area (Å²) in [6, 6.07) is 1.09. The van der Waals surface area contributed by atoms with E-state index in [2.05, 4.69) is 15.3 Å². The molecule has 1 saturated heterocycles. The Balaban J connectivity index is 2.35. The summed E-state index contributed by atoms with van der Waals surface area (Å²) in [4.78, 5) is 21.7. The number of amides is 1. The Morgan fingerprint density at radius 3 is 2.58 bits per heavy atom. The zero-order valence-electron chi connectivity index (χ0n) is 10.9. The van der Waals surface area contributed by atoms with E-state index in [1.807, 2.05) is 0 Å². The molecule has 3 N–H and O–H groups in total. The highest BCUT2D eigenvalue weighted by atomic mass is 16.5. The predicted molar refractivity (Wildman–Crippen MR) is 68.3 cm³/mol. The van der Waals surface area contributed by atoms with Gasteiger partial charge in [0.25, 0.3) is 0 Å². The number of hydrogen-bond acceptors (Lipinski definition) is 7. The van der Waals surface area contributed by atoms with E-state index in [0.29, 0.717) is 30.8 Å². The molecule has 1 unspecified atom stereocenters. The van der Waals surface area contributed by atoms with Crippen molar-refractivity contribution in [3.05, 3.63) is 6.07 Å². The number of nitrogens with two attached hydrogens (primary N) is 1. The Bertz CT molecular complexity index is 445. The highest BCUT2D eigenvalue weighted by Crippen LogP contribution is 2.22. The van der Waals surface area contributed by atoms with Crippen LogP contribution in [0.15, 0.2) is 6.07 Å². The number of carbonyl (C=O) groups is 1. The largest absolute Gasteiger partial charge is 0.481 e. The summed E-state index contributed by atoms with van der Waals surface area (Å²) >= 11 is 0. The summed E-state index contributed by atoms with van der Waals surface area (Å²) < 4.78 is 10.2. The minimum Gasteiger partial charge on any atom is -0.481 e. The summed E-state index contributed by atoms with van der Waals surface area (Å²) in [7, 11) is 3.02. The summed E-state index contributed by atoms with van der Waals surface area (Å²) in [6.45, 7) is 1.79. The van der Waals surface area contributed by atoms with E-state index in [4.69, 9.17) is 15.2 Å². The molecule has 0 spiro atoms. The molecule has 0 bridgehead atoms. The Morgan fingerprint density at radius 2 is 2.05 bits per heavy atom. The van der Waals surface area contributed by atoms with Crippen molar-refractivity contribution in [2.45, 2.75) is 6.04 Å². The molecule has 2 rings (SSSR count). The van der Waals surface area contributed by atoms with E-state index < -0.39 is 11.9 Å². The summed E-state index contributed by atoms with van der Waals surface area (Å²) in [5.74, 6) is 0.714. The van der Waals surface area contributed by atoms with Crippen LogP contribution in [0.5, 0.6) is 11.8 Å². The number of primary amides is 1. The lowest BCUT2D eigenvalue weighted by Gasteiger charge is -2.34. The van der Waals surface area contributed by atoms with Crippen LogP contribution in [-0.2, 0) is 4.79 Å². The molecule has 104 valence electrons. The van der Waals surface area contributed by atoms with Gasteiger partial charge in [0.05, 0.1) is 20.3 Å². The van der Waals surface area contributed by atoms with E-state index in [9.17, 15) is 4.79 Å². The first-order valence-corrected chi connectivity index (χ1v) is 5.89. The van der Waals surface area contributed by atoms with Crippen molar-refractivity contribution in [1.29, 1.82) is 0 Å². The van der Waals surface area contributed by atoms with Gasteiger partial charge in [-0.1, -0.05) is 0 Å². The van der Waals surface area contributed by atoms with Gasteiger partial charge in [-0.3, -0.25) is 4.79 Å². The van der Waals surface area contributed by atoms with Crippen molar-refractivity contribution in [2.24, 2.45) is 5.73 Å². The van der Waals surface area contributed by atoms with Gasteiger partial charge in [0.2, 0.25) is 23.6 Å². The molecule has 8 nitrogen and oxygen atoms in total. The van der Waals surface area contributed by atoms with Crippen molar-refractivity contribution in [3.8, 4) is 11.8 Å². The molecule has 1 atom stereocenters. The second kappa shape index (κ2) is 5.70. The number of aromatic nitrogens is 2. The molecule has 8 heteroatoms. The maximum absolute atomic E-state index is 11.5. The lowest BCUT2D eigenvalue weighted by Crippen LogP contribution is -2.57. The lowest BCUT2D eigenvalue weighted by molar-refractivity contribution is -0.119. The zero-order valence-corrected chi connectivity index (χ0v) is 10.9. The van der Waals surface area contributed by atoms with Gasteiger partial charge in [-0.2, -0.15) is 9.97 Å². The third-order valence-corrected chi connectivity index (χ3v) is 2.91. The molecule has 2 heterocycles. The topological polar surface area (TPSA) is 103 Å². The standard InChI is InChI=1S/C11H17N5O3/c1-18-8-5-9(19-2)15-11(14-8)16-4-3-13-6-7(16)10(12)17/h5,7,13H,3-4,6H2,1-2H3,(H2,12,17). The smallest absolute Gasteiger partial charge is 0.241 e. The average molecular weight is 267 g/mol. The van der Waals surface area contributed by atoms with Gasteiger partial charge in [-0.25, -0.2) is 0 Å². The molecule has 1 aromatic rings. The van der Waals surface area contributed by atoms with E-state index >= 15 is 0 Å². The fourth-order valence-corrected chi connectivity index (χ4v) is 1.93. The number of piperazine rings is 1. The summed E-state index contributed by atoms with van der Waals surface area (Å²) in [6.07, 6.45) is 0. The Morgan fingerprint density at radius 1 is 1.42 bits per heavy atom. The number of rotatable bonds is 4. The van der Waals surface area contributed by atoms with Crippen LogP contribution in [0.1, 0.15) is 0 Å². The highest BCUT2D eigenvalue weighted by Gasteiger charge is 2.29. The number of nitrogens with one attached hydrogen (secondary N) is 1. The molecule has 0 aliphatic carbocycles. The first-order valence-electron chi connectivity index (χ1n) is 5.89. The quantitative estimate of drug-likeness (QED) is 0.703. The van der Waals surface area contributed by atoms with Crippen LogP contribution in [0.3, 0.4) is 0 Å². The second-order valence-corrected chi connectivity index (χ2v) is 4.07. The minimum absolute atomic E-state index is 0.376. The van der Waals surface area contributed by atoms with Gasteiger partial charge in [-0.15, -0.1) is 0 Å². The maximum Gasteiger partial charge on any atom is 0.241 e. The Labute approximate surface area is 110 Å². The SMILES string of the molecule is COc1cc(OC)nc(N2CCNCC2C(N)=O)n1. The fraction of sp³-hybridized carbons (Fsp3) is 0.545. The molecule has 1 fully saturated rings. The van der Waals surface area contributed by atoms with Gasteiger partial charge >= 0.3 is 0 Å². The summed E-state index contributed by atoms with van der Waals surface area (Å²) in [5, 5.41) is 3.11. The van der Waals surface area contributed by atoms with Crippen molar-refractivity contribution in [2.75, 3.05) is 38.8 Å². The molecule has 1 amide bonds. The van der Waals surface area contributed by atoms with Gasteiger partial charge in [0.15, 0.2) is 0 Å². The number of anilines is 1. The van der Waals surface area contributed by atoms with E-state index in [0.717, 1.165) is 6.54 Å². The van der Waals surface area contributed by atoms with Crippen molar-refractivity contribution >= 4 is 11.9 Å². The molecule has 1 aromatic heterocycles. The highest BCUT2D eigenvalue weighted by molar-refractivity contribution is 5.83. The summed E-state index contributed by atoms with van der Waals surface area (Å²) in [5.41, 5.74) is 5.40. The van der Waals surface area contributed by atoms with E-state index in [-0.39, 0.29) is 0 Å². The molecule has 19 heavy (non-hydrogen) atoms. The number of methoxy groups -OCH3 is 2. The van der Waals surface area contributed by atoms with Crippen LogP contribution in [0.25, 0.3) is 0 Å². The van der Waals surface area contributed by atoms with Crippen molar-refractivity contribution < 1.29 is 14.3 Å². The molecular weight excluding hydrogens is 250 g/mol. The number of hydrogen-bond donors (Lipinski definition) is 2. The normalized spacial score (nSPS) is 19.1. The van der Waals surface area contributed by atoms with Crippen LogP contribution in [0.2, 0.25) is 0 Å². The number of nitrogens with zero attached hydrogens (tertiary/aromatic N) is 3. The predicted octanol–water partition coefficient (Wildman–Crippen LogP) is -1.24. The van der Waals surface area contributed by atoms with Gasteiger partial charge < -0.3 is 25.4 Å². The van der Waals surface area contributed by atoms with Crippen LogP contribution in [0.4, 0.5) is 5.95 Å². The molecule has 1 aliphatic heterocycles. The lowest BCUT2D eigenvalue weighted by atomic mass is 10.2. The monoisotopic (exact) mass is 267 g/mol. The van der Waals surface area contributed by atoms with E-state index in [1.54, 1.807) is 11.0 Å². The fourth-order valence-electron chi connectivity index (χ4n) is 1.93. The van der Waals surface area contributed by atoms with Gasteiger partial charge in [0.1, 0.15) is 6.04 Å². The number of ether oxygens (including phenoxy) is 2. The third kappa shape index (κ3) is 2.84. The number of carbonyl (C=O) groups excluding carboxylic acids is 1. The van der Waals surface area contributed by atoms with Crippen molar-refractivity contribution in [3.63, 3.8) is 0 Å². The third-order valence-electron chi connectivity index (χ3n) is 2.91. The van der Waals surface area contributed by atoms with Gasteiger partial charge in [0, 0.05) is 19.6 Å². The molecule has 0 radical (unpaired) electrons. The Kier molecular flexibility index (Phi) is 4.00. The van der Waals surface area contributed by atoms with Crippen molar-refractivity contribution in [1.82, 2.24) is 15.3 Å².